The fourth-order valence-electron chi connectivity index (χ4n) is 3.01. The third-order valence-corrected chi connectivity index (χ3v) is 6.08. The predicted octanol–water partition coefficient (Wildman–Crippen LogP) is 4.41. The van der Waals surface area contributed by atoms with Crippen LogP contribution in [0.2, 0.25) is 0 Å². The lowest BCUT2D eigenvalue weighted by molar-refractivity contribution is 0.115. The second-order valence-electron chi connectivity index (χ2n) is 5.55. The van der Waals surface area contributed by atoms with Gasteiger partial charge in [0.15, 0.2) is 0 Å². The van der Waals surface area contributed by atoms with Gasteiger partial charge in [-0.1, -0.05) is 20.3 Å². The van der Waals surface area contributed by atoms with Crippen molar-refractivity contribution in [3.8, 4) is 0 Å². The van der Waals surface area contributed by atoms with Gasteiger partial charge in [0.2, 0.25) is 0 Å². The number of likely N-dealkylation sites (tertiary alicyclic amines) is 1. The summed E-state index contributed by atoms with van der Waals surface area (Å²) in [6.45, 7) is 6.91. The van der Waals surface area contributed by atoms with Crippen LogP contribution in [0.4, 0.5) is 0 Å². The molecule has 0 aromatic carbocycles. The van der Waals surface area contributed by atoms with Gasteiger partial charge in [-0.3, -0.25) is 4.90 Å². The van der Waals surface area contributed by atoms with Gasteiger partial charge < -0.3 is 5.73 Å². The van der Waals surface area contributed by atoms with E-state index < -0.39 is 0 Å². The molecular weight excluding hydrogens is 320 g/mol. The molecule has 1 aliphatic heterocycles. The first-order valence-corrected chi connectivity index (χ1v) is 9.01. The van der Waals surface area contributed by atoms with Gasteiger partial charge in [0.25, 0.3) is 0 Å². The minimum Gasteiger partial charge on any atom is -0.326 e. The molecule has 0 aliphatic carbocycles. The van der Waals surface area contributed by atoms with E-state index in [0.717, 1.165) is 12.3 Å². The van der Waals surface area contributed by atoms with Crippen LogP contribution in [0.3, 0.4) is 0 Å². The third kappa shape index (κ3) is 3.81. The lowest BCUT2D eigenvalue weighted by Crippen LogP contribution is -2.44. The fourth-order valence-corrected chi connectivity index (χ4v) is 4.65. The number of hydrogen-bond donors (Lipinski definition) is 1. The van der Waals surface area contributed by atoms with Crippen LogP contribution in [-0.2, 0) is 0 Å². The molecule has 0 radical (unpaired) electrons. The Morgan fingerprint density at radius 3 is 2.53 bits per heavy atom. The summed E-state index contributed by atoms with van der Waals surface area (Å²) in [5.74, 6) is 0.921. The largest absolute Gasteiger partial charge is 0.326 e. The summed E-state index contributed by atoms with van der Waals surface area (Å²) in [5.41, 5.74) is 6.41. The number of thiophene rings is 1. The van der Waals surface area contributed by atoms with E-state index in [0.29, 0.717) is 6.04 Å². The van der Waals surface area contributed by atoms with E-state index in [-0.39, 0.29) is 6.04 Å². The molecule has 2 nitrogen and oxygen atoms in total. The molecule has 1 aromatic rings. The van der Waals surface area contributed by atoms with Gasteiger partial charge in [-0.05, 0) is 66.3 Å². The van der Waals surface area contributed by atoms with Crippen molar-refractivity contribution < 1.29 is 0 Å². The van der Waals surface area contributed by atoms with Gasteiger partial charge in [-0.2, -0.15) is 0 Å². The quantitative estimate of drug-likeness (QED) is 0.856. The van der Waals surface area contributed by atoms with E-state index in [4.69, 9.17) is 5.73 Å². The van der Waals surface area contributed by atoms with Crippen molar-refractivity contribution in [1.29, 1.82) is 0 Å². The SMILES string of the molecule is CCC1CCN(C(c2ccc(Br)s2)C(N)CC)CC1. The maximum Gasteiger partial charge on any atom is 0.0702 e. The highest BCUT2D eigenvalue weighted by molar-refractivity contribution is 9.11. The summed E-state index contributed by atoms with van der Waals surface area (Å²) < 4.78 is 1.21. The highest BCUT2D eigenvalue weighted by Crippen LogP contribution is 2.35. The monoisotopic (exact) mass is 344 g/mol. The molecule has 0 spiro atoms. The molecule has 2 unspecified atom stereocenters. The highest BCUT2D eigenvalue weighted by atomic mass is 79.9. The van der Waals surface area contributed by atoms with Gasteiger partial charge in [0.05, 0.1) is 9.83 Å². The Bertz CT molecular complexity index is 385. The average molecular weight is 345 g/mol. The third-order valence-electron chi connectivity index (χ3n) is 4.38. The van der Waals surface area contributed by atoms with Crippen LogP contribution in [-0.4, -0.2) is 24.0 Å². The van der Waals surface area contributed by atoms with Gasteiger partial charge in [-0.25, -0.2) is 0 Å². The molecule has 2 heterocycles. The summed E-state index contributed by atoms with van der Waals surface area (Å²) in [6, 6.07) is 5.03. The number of halogens is 1. The van der Waals surface area contributed by atoms with Crippen molar-refractivity contribution in [1.82, 2.24) is 4.90 Å². The van der Waals surface area contributed by atoms with Gasteiger partial charge in [-0.15, -0.1) is 11.3 Å². The minimum atomic E-state index is 0.240. The van der Waals surface area contributed by atoms with Crippen LogP contribution in [0.15, 0.2) is 15.9 Å². The van der Waals surface area contributed by atoms with E-state index in [9.17, 15) is 0 Å². The van der Waals surface area contributed by atoms with Crippen molar-refractivity contribution in [2.24, 2.45) is 11.7 Å². The normalized spacial score (nSPS) is 21.5. The maximum absolute atomic E-state index is 6.41. The summed E-state index contributed by atoms with van der Waals surface area (Å²) in [4.78, 5) is 4.02. The van der Waals surface area contributed by atoms with Crippen molar-refractivity contribution in [2.75, 3.05) is 13.1 Å². The van der Waals surface area contributed by atoms with Crippen LogP contribution in [0.25, 0.3) is 0 Å². The van der Waals surface area contributed by atoms with E-state index in [1.807, 2.05) is 11.3 Å². The smallest absolute Gasteiger partial charge is 0.0702 e. The summed E-state index contributed by atoms with van der Waals surface area (Å²) in [5, 5.41) is 0. The van der Waals surface area contributed by atoms with Gasteiger partial charge in [0, 0.05) is 10.9 Å². The summed E-state index contributed by atoms with van der Waals surface area (Å²) in [6.07, 6.45) is 5.02. The topological polar surface area (TPSA) is 29.3 Å². The van der Waals surface area contributed by atoms with Crippen molar-refractivity contribution in [3.05, 3.63) is 20.8 Å². The first-order valence-electron chi connectivity index (χ1n) is 7.40. The number of nitrogens with zero attached hydrogens (tertiary/aromatic N) is 1. The second kappa shape index (κ2) is 7.21. The number of rotatable bonds is 5. The Labute approximate surface area is 129 Å². The van der Waals surface area contributed by atoms with E-state index >= 15 is 0 Å². The van der Waals surface area contributed by atoms with Crippen LogP contribution in [0, 0.1) is 5.92 Å². The van der Waals surface area contributed by atoms with Crippen LogP contribution < -0.4 is 5.73 Å². The van der Waals surface area contributed by atoms with Gasteiger partial charge in [0.1, 0.15) is 0 Å². The van der Waals surface area contributed by atoms with E-state index in [1.165, 1.54) is 41.0 Å². The zero-order valence-electron chi connectivity index (χ0n) is 11.9. The Morgan fingerprint density at radius 2 is 2.05 bits per heavy atom. The average Bonchev–Trinajstić information content (AvgIpc) is 2.86. The molecular formula is C15H25BrN2S. The van der Waals surface area contributed by atoms with E-state index in [2.05, 4.69) is 46.8 Å². The molecule has 0 amide bonds. The molecule has 19 heavy (non-hydrogen) atoms. The maximum atomic E-state index is 6.41. The van der Waals surface area contributed by atoms with Crippen molar-refractivity contribution >= 4 is 27.3 Å². The molecule has 1 aromatic heterocycles. The summed E-state index contributed by atoms with van der Waals surface area (Å²) in [7, 11) is 0. The molecule has 2 N–H and O–H groups in total. The molecule has 0 saturated carbocycles. The lowest BCUT2D eigenvalue weighted by atomic mass is 9.92. The Kier molecular flexibility index (Phi) is 5.87. The molecule has 1 saturated heterocycles. The Balaban J connectivity index is 2.10. The van der Waals surface area contributed by atoms with Crippen molar-refractivity contribution in [3.63, 3.8) is 0 Å². The zero-order valence-corrected chi connectivity index (χ0v) is 14.3. The van der Waals surface area contributed by atoms with Crippen molar-refractivity contribution in [2.45, 2.75) is 51.6 Å². The minimum absolute atomic E-state index is 0.240. The number of hydrogen-bond acceptors (Lipinski definition) is 3. The highest BCUT2D eigenvalue weighted by Gasteiger charge is 2.29. The van der Waals surface area contributed by atoms with E-state index in [1.54, 1.807) is 0 Å². The Morgan fingerprint density at radius 1 is 1.37 bits per heavy atom. The number of nitrogens with two attached hydrogens (primary N) is 1. The van der Waals surface area contributed by atoms with Gasteiger partial charge >= 0.3 is 0 Å². The Hall–Kier alpha value is 0.1000. The zero-order chi connectivity index (χ0) is 13.8. The van der Waals surface area contributed by atoms with Crippen LogP contribution in [0.5, 0.6) is 0 Å². The predicted molar refractivity (Wildman–Crippen MR) is 87.6 cm³/mol. The molecule has 1 aliphatic rings. The molecule has 1 fully saturated rings. The fraction of sp³-hybridized carbons (Fsp3) is 0.733. The first-order chi connectivity index (χ1) is 9.15. The lowest BCUT2D eigenvalue weighted by Gasteiger charge is -2.39. The van der Waals surface area contributed by atoms with Crippen LogP contribution in [0.1, 0.15) is 50.4 Å². The second-order valence-corrected chi connectivity index (χ2v) is 8.04. The number of piperidine rings is 1. The molecule has 2 rings (SSSR count). The first kappa shape index (κ1) is 15.5. The van der Waals surface area contributed by atoms with Crippen LogP contribution >= 0.6 is 27.3 Å². The molecule has 2 atom stereocenters. The summed E-state index contributed by atoms with van der Waals surface area (Å²) >= 11 is 5.41. The molecule has 4 heteroatoms. The molecule has 0 bridgehead atoms. The standard InChI is InChI=1S/C15H25BrN2S/c1-3-11-7-9-18(10-8-11)15(12(17)4-2)13-5-6-14(16)19-13/h5-6,11-12,15H,3-4,7-10,17H2,1-2H3. The molecule has 108 valence electrons.